The van der Waals surface area contributed by atoms with Crippen LogP contribution in [0.2, 0.25) is 0 Å². The summed E-state index contributed by atoms with van der Waals surface area (Å²) in [6.45, 7) is 1.53. The van der Waals surface area contributed by atoms with Crippen LogP contribution in [-0.2, 0) is 4.74 Å². The largest absolute Gasteiger partial charge is 0.368 e. The standard InChI is InChI=1S/C15H19N5O2S/c1-19(2)14-16-5-3-12(18-14)13-9-20(6-7-22-13)15(21)17-11-4-8-23-10-11/h3-5,8,10,13H,6-7,9H2,1-2H3,(H,17,21)/t13-/m1/s1. The first-order chi connectivity index (χ1) is 11.1. The monoisotopic (exact) mass is 333 g/mol. The van der Waals surface area contributed by atoms with Crippen LogP contribution in [0, 0.1) is 0 Å². The summed E-state index contributed by atoms with van der Waals surface area (Å²) in [6, 6.07) is 3.60. The Bertz CT molecular complexity index is 662. The summed E-state index contributed by atoms with van der Waals surface area (Å²) in [6.07, 6.45) is 1.48. The molecule has 2 aromatic heterocycles. The van der Waals surface area contributed by atoms with E-state index in [4.69, 9.17) is 4.74 Å². The highest BCUT2D eigenvalue weighted by molar-refractivity contribution is 7.08. The smallest absolute Gasteiger partial charge is 0.322 e. The van der Waals surface area contributed by atoms with Crippen molar-refractivity contribution in [2.75, 3.05) is 44.0 Å². The number of ether oxygens (including phenoxy) is 1. The van der Waals surface area contributed by atoms with Crippen molar-refractivity contribution in [3.05, 3.63) is 34.8 Å². The number of aromatic nitrogens is 2. The molecule has 1 aliphatic rings. The van der Waals surface area contributed by atoms with E-state index in [-0.39, 0.29) is 12.1 Å². The third-order valence-corrected chi connectivity index (χ3v) is 4.20. The van der Waals surface area contributed by atoms with Gasteiger partial charge in [-0.15, -0.1) is 0 Å². The SMILES string of the molecule is CN(C)c1nccc([C@H]2CN(C(=O)Nc3ccsc3)CCO2)n1. The number of hydrogen-bond acceptors (Lipinski definition) is 6. The Labute approximate surface area is 138 Å². The molecule has 0 bridgehead atoms. The van der Waals surface area contributed by atoms with E-state index in [1.807, 2.05) is 41.9 Å². The molecule has 8 heteroatoms. The van der Waals surface area contributed by atoms with Crippen LogP contribution < -0.4 is 10.2 Å². The Hall–Kier alpha value is -2.19. The molecule has 2 amide bonds. The van der Waals surface area contributed by atoms with Gasteiger partial charge < -0.3 is 19.9 Å². The second-order valence-electron chi connectivity index (χ2n) is 5.42. The summed E-state index contributed by atoms with van der Waals surface area (Å²) in [4.78, 5) is 24.6. The van der Waals surface area contributed by atoms with Gasteiger partial charge in [-0.05, 0) is 17.5 Å². The number of nitrogens with zero attached hydrogens (tertiary/aromatic N) is 4. The normalized spacial score (nSPS) is 17.8. The van der Waals surface area contributed by atoms with E-state index >= 15 is 0 Å². The summed E-state index contributed by atoms with van der Waals surface area (Å²) in [5, 5.41) is 6.73. The molecule has 1 aliphatic heterocycles. The van der Waals surface area contributed by atoms with Crippen molar-refractivity contribution < 1.29 is 9.53 Å². The molecule has 1 N–H and O–H groups in total. The summed E-state index contributed by atoms with van der Waals surface area (Å²) in [5.41, 5.74) is 1.61. The molecule has 3 heterocycles. The molecule has 7 nitrogen and oxygen atoms in total. The number of anilines is 2. The van der Waals surface area contributed by atoms with E-state index < -0.39 is 0 Å². The number of rotatable bonds is 3. The van der Waals surface area contributed by atoms with Crippen LogP contribution in [-0.4, -0.2) is 54.7 Å². The van der Waals surface area contributed by atoms with Crippen molar-refractivity contribution in [3.8, 4) is 0 Å². The zero-order chi connectivity index (χ0) is 16.2. The maximum absolute atomic E-state index is 12.3. The first kappa shape index (κ1) is 15.7. The van der Waals surface area contributed by atoms with Crippen LogP contribution in [0.25, 0.3) is 0 Å². The molecule has 1 fully saturated rings. The number of carbonyl (C=O) groups excluding carboxylic acids is 1. The number of urea groups is 1. The minimum atomic E-state index is -0.237. The summed E-state index contributed by atoms with van der Waals surface area (Å²) in [7, 11) is 3.78. The van der Waals surface area contributed by atoms with Crippen molar-refractivity contribution in [2.24, 2.45) is 0 Å². The lowest BCUT2D eigenvalue weighted by atomic mass is 10.2. The lowest BCUT2D eigenvalue weighted by Crippen LogP contribution is -2.44. The van der Waals surface area contributed by atoms with Gasteiger partial charge in [0.2, 0.25) is 5.95 Å². The third-order valence-electron chi connectivity index (χ3n) is 3.52. The van der Waals surface area contributed by atoms with Gasteiger partial charge in [0, 0.05) is 32.2 Å². The van der Waals surface area contributed by atoms with Gasteiger partial charge in [-0.2, -0.15) is 11.3 Å². The van der Waals surface area contributed by atoms with Crippen molar-refractivity contribution in [1.82, 2.24) is 14.9 Å². The minimum Gasteiger partial charge on any atom is -0.368 e. The number of nitrogens with one attached hydrogen (secondary N) is 1. The van der Waals surface area contributed by atoms with Gasteiger partial charge in [0.05, 0.1) is 24.5 Å². The number of carbonyl (C=O) groups is 1. The molecule has 1 atom stereocenters. The minimum absolute atomic E-state index is 0.112. The molecule has 0 spiro atoms. The molecule has 122 valence electrons. The van der Waals surface area contributed by atoms with Crippen LogP contribution in [0.15, 0.2) is 29.1 Å². The fraction of sp³-hybridized carbons (Fsp3) is 0.400. The third kappa shape index (κ3) is 3.77. The highest BCUT2D eigenvalue weighted by Gasteiger charge is 2.26. The van der Waals surface area contributed by atoms with E-state index in [0.29, 0.717) is 25.6 Å². The van der Waals surface area contributed by atoms with Crippen LogP contribution in [0.4, 0.5) is 16.4 Å². The number of thiophene rings is 1. The fourth-order valence-corrected chi connectivity index (χ4v) is 2.90. The van der Waals surface area contributed by atoms with Gasteiger partial charge in [-0.1, -0.05) is 0 Å². The lowest BCUT2D eigenvalue weighted by molar-refractivity contribution is -0.0157. The Morgan fingerprint density at radius 2 is 2.35 bits per heavy atom. The average Bonchev–Trinajstić information content (AvgIpc) is 3.08. The molecule has 0 saturated carbocycles. The van der Waals surface area contributed by atoms with Crippen LogP contribution >= 0.6 is 11.3 Å². The quantitative estimate of drug-likeness (QED) is 0.932. The summed E-state index contributed by atoms with van der Waals surface area (Å²) in [5.74, 6) is 0.631. The van der Waals surface area contributed by atoms with E-state index in [1.165, 1.54) is 0 Å². The molecule has 0 radical (unpaired) electrons. The second-order valence-corrected chi connectivity index (χ2v) is 6.20. The van der Waals surface area contributed by atoms with E-state index in [2.05, 4.69) is 15.3 Å². The van der Waals surface area contributed by atoms with Crippen molar-refractivity contribution >= 4 is 29.0 Å². The van der Waals surface area contributed by atoms with Crippen LogP contribution in [0.5, 0.6) is 0 Å². The van der Waals surface area contributed by atoms with Crippen molar-refractivity contribution in [3.63, 3.8) is 0 Å². The predicted molar refractivity (Wildman–Crippen MR) is 90.0 cm³/mol. The summed E-state index contributed by atoms with van der Waals surface area (Å²) >= 11 is 1.55. The molecule has 2 aromatic rings. The molecule has 23 heavy (non-hydrogen) atoms. The molecule has 0 aliphatic carbocycles. The number of morpholine rings is 1. The molecule has 0 aromatic carbocycles. The topological polar surface area (TPSA) is 70.6 Å². The second kappa shape index (κ2) is 6.93. The zero-order valence-corrected chi connectivity index (χ0v) is 13.9. The molecule has 1 saturated heterocycles. The zero-order valence-electron chi connectivity index (χ0n) is 13.1. The van der Waals surface area contributed by atoms with E-state index in [9.17, 15) is 4.79 Å². The Balaban J connectivity index is 1.68. The van der Waals surface area contributed by atoms with Crippen molar-refractivity contribution in [1.29, 1.82) is 0 Å². The van der Waals surface area contributed by atoms with E-state index in [0.717, 1.165) is 11.4 Å². The molecular weight excluding hydrogens is 314 g/mol. The molecule has 3 rings (SSSR count). The maximum Gasteiger partial charge on any atom is 0.322 e. The van der Waals surface area contributed by atoms with Gasteiger partial charge >= 0.3 is 6.03 Å². The van der Waals surface area contributed by atoms with E-state index in [1.54, 1.807) is 22.4 Å². The van der Waals surface area contributed by atoms with Gasteiger partial charge in [-0.25, -0.2) is 14.8 Å². The number of hydrogen-bond donors (Lipinski definition) is 1. The van der Waals surface area contributed by atoms with Crippen molar-refractivity contribution in [2.45, 2.75) is 6.10 Å². The van der Waals surface area contributed by atoms with Gasteiger partial charge in [0.15, 0.2) is 0 Å². The molecular formula is C15H19N5O2S. The molecule has 0 unspecified atom stereocenters. The van der Waals surface area contributed by atoms with Crippen LogP contribution in [0.3, 0.4) is 0 Å². The first-order valence-electron chi connectivity index (χ1n) is 7.33. The van der Waals surface area contributed by atoms with Gasteiger partial charge in [0.1, 0.15) is 6.10 Å². The first-order valence-corrected chi connectivity index (χ1v) is 8.28. The Kier molecular flexibility index (Phi) is 4.73. The Morgan fingerprint density at radius 1 is 1.48 bits per heavy atom. The lowest BCUT2D eigenvalue weighted by Gasteiger charge is -2.32. The summed E-state index contributed by atoms with van der Waals surface area (Å²) < 4.78 is 5.79. The highest BCUT2D eigenvalue weighted by atomic mass is 32.1. The van der Waals surface area contributed by atoms with Crippen LogP contribution in [0.1, 0.15) is 11.8 Å². The highest BCUT2D eigenvalue weighted by Crippen LogP contribution is 2.22. The van der Waals surface area contributed by atoms with Gasteiger partial charge in [0.25, 0.3) is 0 Å². The maximum atomic E-state index is 12.3. The number of amides is 2. The predicted octanol–water partition coefficient (Wildman–Crippen LogP) is 2.21. The average molecular weight is 333 g/mol. The Morgan fingerprint density at radius 3 is 3.09 bits per heavy atom. The van der Waals surface area contributed by atoms with Gasteiger partial charge in [-0.3, -0.25) is 0 Å². The fourth-order valence-electron chi connectivity index (χ4n) is 2.31.